The van der Waals surface area contributed by atoms with Crippen molar-refractivity contribution in [3.63, 3.8) is 0 Å². The number of benzene rings is 1. The number of nitrogens with zero attached hydrogens (tertiary/aromatic N) is 3. The van der Waals surface area contributed by atoms with E-state index in [1.807, 2.05) is 41.4 Å². The zero-order valence-corrected chi connectivity index (χ0v) is 17.5. The molecule has 0 bridgehead atoms. The normalized spacial score (nSPS) is 23.2. The summed E-state index contributed by atoms with van der Waals surface area (Å²) in [5.74, 6) is 1.53. The van der Waals surface area contributed by atoms with Gasteiger partial charge in [-0.25, -0.2) is 9.97 Å². The Morgan fingerprint density at radius 3 is 2.83 bits per heavy atom. The molecule has 0 saturated carbocycles. The Morgan fingerprint density at radius 1 is 1.23 bits per heavy atom. The first-order valence-electron chi connectivity index (χ1n) is 11.3. The van der Waals surface area contributed by atoms with Crippen molar-refractivity contribution in [1.29, 1.82) is 0 Å². The van der Waals surface area contributed by atoms with Crippen LogP contribution in [0.2, 0.25) is 0 Å². The Labute approximate surface area is 178 Å². The predicted octanol–water partition coefficient (Wildman–Crippen LogP) is 2.92. The molecule has 2 fully saturated rings. The molecule has 1 atom stereocenters. The van der Waals surface area contributed by atoms with Gasteiger partial charge in [-0.2, -0.15) is 0 Å². The van der Waals surface area contributed by atoms with Crippen molar-refractivity contribution in [1.82, 2.24) is 20.2 Å². The van der Waals surface area contributed by atoms with Crippen molar-refractivity contribution in [2.24, 2.45) is 5.92 Å². The molecule has 2 saturated heterocycles. The van der Waals surface area contributed by atoms with Crippen molar-refractivity contribution in [3.05, 3.63) is 47.8 Å². The van der Waals surface area contributed by atoms with Crippen LogP contribution in [0.15, 0.2) is 36.5 Å². The van der Waals surface area contributed by atoms with Crippen LogP contribution in [0.25, 0.3) is 11.4 Å². The quantitative estimate of drug-likeness (QED) is 0.849. The Morgan fingerprint density at radius 2 is 2.07 bits per heavy atom. The highest BCUT2D eigenvalue weighted by Crippen LogP contribution is 2.41. The summed E-state index contributed by atoms with van der Waals surface area (Å²) in [6, 6.07) is 10.1. The predicted molar refractivity (Wildman–Crippen MR) is 115 cm³/mol. The van der Waals surface area contributed by atoms with E-state index in [2.05, 4.69) is 10.3 Å². The third kappa shape index (κ3) is 3.86. The molecule has 1 aromatic carbocycles. The van der Waals surface area contributed by atoms with Crippen molar-refractivity contribution in [2.75, 3.05) is 32.8 Å². The number of carbonyl (C=O) groups excluding carboxylic acids is 1. The van der Waals surface area contributed by atoms with Gasteiger partial charge in [0.2, 0.25) is 5.91 Å². The molecule has 158 valence electrons. The molecule has 1 unspecified atom stereocenters. The van der Waals surface area contributed by atoms with Crippen molar-refractivity contribution in [2.45, 2.75) is 44.1 Å². The standard InChI is InChI=1S/C24H30N4O2/c29-21(15-18-5-4-11-25-16-18)28-12-9-24(10-13-28)22-20(8-14-30-24)17-26-23(27-22)19-6-2-1-3-7-19/h1-3,6-7,17-18,25H,4-5,8-16H2. The molecule has 3 aliphatic heterocycles. The van der Waals surface area contributed by atoms with E-state index in [4.69, 9.17) is 9.72 Å². The van der Waals surface area contributed by atoms with E-state index in [0.717, 1.165) is 68.9 Å². The molecule has 1 spiro atoms. The monoisotopic (exact) mass is 406 g/mol. The third-order valence-corrected chi connectivity index (χ3v) is 6.86. The third-order valence-electron chi connectivity index (χ3n) is 6.86. The lowest BCUT2D eigenvalue weighted by Crippen LogP contribution is -2.49. The molecule has 2 aromatic rings. The molecule has 3 aliphatic rings. The van der Waals surface area contributed by atoms with Crippen LogP contribution in [0.4, 0.5) is 0 Å². The van der Waals surface area contributed by atoms with E-state index in [1.54, 1.807) is 0 Å². The molecule has 0 aliphatic carbocycles. The molecule has 1 aromatic heterocycles. The number of aromatic nitrogens is 2. The highest BCUT2D eigenvalue weighted by Gasteiger charge is 2.43. The minimum Gasteiger partial charge on any atom is -0.368 e. The molecule has 0 radical (unpaired) electrons. The minimum absolute atomic E-state index is 0.294. The lowest BCUT2D eigenvalue weighted by molar-refractivity contribution is -0.142. The maximum Gasteiger partial charge on any atom is 0.222 e. The van der Waals surface area contributed by atoms with Crippen molar-refractivity contribution < 1.29 is 9.53 Å². The van der Waals surface area contributed by atoms with Gasteiger partial charge >= 0.3 is 0 Å². The second-order valence-corrected chi connectivity index (χ2v) is 8.82. The number of rotatable bonds is 3. The Bertz CT molecular complexity index is 887. The van der Waals surface area contributed by atoms with E-state index >= 15 is 0 Å². The molecule has 4 heterocycles. The number of nitrogens with one attached hydrogen (secondary N) is 1. The van der Waals surface area contributed by atoms with Gasteiger partial charge < -0.3 is 15.0 Å². The number of carbonyl (C=O) groups is 1. The van der Waals surface area contributed by atoms with Gasteiger partial charge in [0.15, 0.2) is 5.82 Å². The van der Waals surface area contributed by atoms with Gasteiger partial charge in [0.25, 0.3) is 0 Å². The minimum atomic E-state index is -0.386. The van der Waals surface area contributed by atoms with Crippen LogP contribution < -0.4 is 5.32 Å². The van der Waals surface area contributed by atoms with Crippen LogP contribution in [0, 0.1) is 5.92 Å². The van der Waals surface area contributed by atoms with Crippen LogP contribution in [-0.4, -0.2) is 53.6 Å². The summed E-state index contributed by atoms with van der Waals surface area (Å²) in [7, 11) is 0. The first kappa shape index (κ1) is 19.6. The van der Waals surface area contributed by atoms with Gasteiger partial charge in [0.1, 0.15) is 5.60 Å². The lowest BCUT2D eigenvalue weighted by atomic mass is 9.83. The summed E-state index contributed by atoms with van der Waals surface area (Å²) >= 11 is 0. The summed E-state index contributed by atoms with van der Waals surface area (Å²) in [5, 5.41) is 3.41. The van der Waals surface area contributed by atoms with Gasteiger partial charge in [0, 0.05) is 31.3 Å². The Balaban J connectivity index is 1.31. The average Bonchev–Trinajstić information content (AvgIpc) is 2.81. The Kier molecular flexibility index (Phi) is 5.52. The van der Waals surface area contributed by atoms with Crippen LogP contribution >= 0.6 is 0 Å². The zero-order chi connectivity index (χ0) is 20.4. The van der Waals surface area contributed by atoms with Gasteiger partial charge in [-0.1, -0.05) is 30.3 Å². The SMILES string of the molecule is O=C(CC1CCCNC1)N1CCC2(CC1)OCCc1cnc(-c3ccccc3)nc12. The molecule has 6 heteroatoms. The molecule has 5 rings (SSSR count). The number of likely N-dealkylation sites (tertiary alicyclic amines) is 1. The summed E-state index contributed by atoms with van der Waals surface area (Å²) < 4.78 is 6.36. The number of ether oxygens (including phenoxy) is 1. The van der Waals surface area contributed by atoms with Crippen LogP contribution in [0.5, 0.6) is 0 Å². The Hall–Kier alpha value is -2.31. The number of amides is 1. The molecule has 1 amide bonds. The number of hydrogen-bond donors (Lipinski definition) is 1. The average molecular weight is 407 g/mol. The van der Waals surface area contributed by atoms with Crippen LogP contribution in [0.3, 0.4) is 0 Å². The van der Waals surface area contributed by atoms with E-state index in [1.165, 1.54) is 12.0 Å². The second kappa shape index (κ2) is 8.44. The van der Waals surface area contributed by atoms with Gasteiger partial charge in [0.05, 0.1) is 12.3 Å². The summed E-state index contributed by atoms with van der Waals surface area (Å²) in [6.45, 7) is 4.23. The maximum atomic E-state index is 12.9. The van der Waals surface area contributed by atoms with E-state index < -0.39 is 0 Å². The fourth-order valence-electron chi connectivity index (χ4n) is 5.11. The first-order chi connectivity index (χ1) is 14.7. The molecular weight excluding hydrogens is 376 g/mol. The molecule has 6 nitrogen and oxygen atoms in total. The van der Waals surface area contributed by atoms with Crippen molar-refractivity contribution in [3.8, 4) is 11.4 Å². The van der Waals surface area contributed by atoms with E-state index in [9.17, 15) is 4.79 Å². The van der Waals surface area contributed by atoms with E-state index in [0.29, 0.717) is 24.9 Å². The van der Waals surface area contributed by atoms with Gasteiger partial charge in [-0.3, -0.25) is 4.79 Å². The molecule has 30 heavy (non-hydrogen) atoms. The number of fused-ring (bicyclic) bond motifs is 2. The molecular formula is C24H30N4O2. The summed E-state index contributed by atoms with van der Waals surface area (Å²) in [5.41, 5.74) is 2.86. The highest BCUT2D eigenvalue weighted by molar-refractivity contribution is 5.76. The second-order valence-electron chi connectivity index (χ2n) is 8.82. The van der Waals surface area contributed by atoms with Crippen LogP contribution in [0.1, 0.15) is 43.4 Å². The van der Waals surface area contributed by atoms with Gasteiger partial charge in [-0.05, 0) is 56.7 Å². The highest BCUT2D eigenvalue weighted by atomic mass is 16.5. The fraction of sp³-hybridized carbons (Fsp3) is 0.542. The number of piperidine rings is 2. The smallest absolute Gasteiger partial charge is 0.222 e. The lowest BCUT2D eigenvalue weighted by Gasteiger charge is -2.44. The first-order valence-corrected chi connectivity index (χ1v) is 11.3. The van der Waals surface area contributed by atoms with Crippen LogP contribution in [-0.2, 0) is 21.6 Å². The maximum absolute atomic E-state index is 12.9. The van der Waals surface area contributed by atoms with Gasteiger partial charge in [-0.15, -0.1) is 0 Å². The zero-order valence-electron chi connectivity index (χ0n) is 17.5. The van der Waals surface area contributed by atoms with E-state index in [-0.39, 0.29) is 5.60 Å². The molecule has 1 N–H and O–H groups in total. The topological polar surface area (TPSA) is 67.4 Å². The summed E-state index contributed by atoms with van der Waals surface area (Å²) in [6.07, 6.45) is 7.44. The number of hydrogen-bond acceptors (Lipinski definition) is 5. The largest absolute Gasteiger partial charge is 0.368 e. The fourth-order valence-corrected chi connectivity index (χ4v) is 5.11. The summed E-state index contributed by atoms with van der Waals surface area (Å²) in [4.78, 5) is 24.5. The van der Waals surface area contributed by atoms with Crippen molar-refractivity contribution >= 4 is 5.91 Å².